The summed E-state index contributed by atoms with van der Waals surface area (Å²) < 4.78 is 0. The average Bonchev–Trinajstić information content (AvgIpc) is 2.51. The van der Waals surface area contributed by atoms with Crippen molar-refractivity contribution in [2.75, 3.05) is 0 Å². The highest BCUT2D eigenvalue weighted by Gasteiger charge is 2.39. The van der Waals surface area contributed by atoms with Gasteiger partial charge in [0.1, 0.15) is 0 Å². The molecule has 21 heavy (non-hydrogen) atoms. The van der Waals surface area contributed by atoms with E-state index in [-0.39, 0.29) is 11.6 Å². The fourth-order valence-electron chi connectivity index (χ4n) is 2.81. The lowest BCUT2D eigenvalue weighted by Gasteiger charge is -2.43. The number of carbonyl (C=O) groups excluding carboxylic acids is 1. The van der Waals surface area contributed by atoms with Crippen LogP contribution in [0.25, 0.3) is 0 Å². The Bertz CT molecular complexity index is 591. The number of nitrogens with one attached hydrogen (secondary N) is 2. The van der Waals surface area contributed by atoms with Crippen molar-refractivity contribution in [1.29, 1.82) is 0 Å². The van der Waals surface area contributed by atoms with Gasteiger partial charge in [-0.1, -0.05) is 60.7 Å². The summed E-state index contributed by atoms with van der Waals surface area (Å²) in [5.74, 6) is 0. The number of urea groups is 1. The van der Waals surface area contributed by atoms with Crippen LogP contribution in [0.5, 0.6) is 0 Å². The van der Waals surface area contributed by atoms with Gasteiger partial charge in [-0.2, -0.15) is 0 Å². The van der Waals surface area contributed by atoms with E-state index in [0.717, 1.165) is 24.8 Å². The molecule has 0 spiro atoms. The molecule has 0 heterocycles. The van der Waals surface area contributed by atoms with Crippen molar-refractivity contribution in [2.45, 2.75) is 31.3 Å². The third-order valence-corrected chi connectivity index (χ3v) is 4.18. The summed E-state index contributed by atoms with van der Waals surface area (Å²) in [5, 5.41) is 6.11. The summed E-state index contributed by atoms with van der Waals surface area (Å²) in [4.78, 5) is 12.2. The standard InChI is InChI=1S/C18H20N2O/c21-17(19-14-15-8-3-1-4-9-15)20-18(12-7-13-18)16-10-5-2-6-11-16/h1-6,8-11H,7,12-14H2,(H2,19,20,21). The summed E-state index contributed by atoms with van der Waals surface area (Å²) in [6.45, 7) is 0.553. The molecule has 1 aliphatic carbocycles. The van der Waals surface area contributed by atoms with Crippen LogP contribution in [0.3, 0.4) is 0 Å². The molecule has 0 radical (unpaired) electrons. The summed E-state index contributed by atoms with van der Waals surface area (Å²) in [5.41, 5.74) is 2.13. The number of hydrogen-bond acceptors (Lipinski definition) is 1. The maximum absolute atomic E-state index is 12.2. The highest BCUT2D eigenvalue weighted by molar-refractivity contribution is 5.75. The number of hydrogen-bond donors (Lipinski definition) is 2. The molecule has 3 heteroatoms. The van der Waals surface area contributed by atoms with Gasteiger partial charge in [0, 0.05) is 6.54 Å². The van der Waals surface area contributed by atoms with Gasteiger partial charge >= 0.3 is 6.03 Å². The number of benzene rings is 2. The van der Waals surface area contributed by atoms with Crippen molar-refractivity contribution in [3.8, 4) is 0 Å². The van der Waals surface area contributed by atoms with Crippen LogP contribution in [0, 0.1) is 0 Å². The van der Waals surface area contributed by atoms with Crippen LogP contribution < -0.4 is 10.6 Å². The van der Waals surface area contributed by atoms with E-state index in [1.807, 2.05) is 48.5 Å². The monoisotopic (exact) mass is 280 g/mol. The van der Waals surface area contributed by atoms with Crippen LogP contribution in [0.4, 0.5) is 4.79 Å². The predicted molar refractivity (Wildman–Crippen MR) is 83.8 cm³/mol. The van der Waals surface area contributed by atoms with E-state index < -0.39 is 0 Å². The molecule has 2 aromatic rings. The second-order valence-corrected chi connectivity index (χ2v) is 5.59. The zero-order valence-electron chi connectivity index (χ0n) is 12.0. The molecule has 1 saturated carbocycles. The molecule has 2 amide bonds. The highest BCUT2D eigenvalue weighted by atomic mass is 16.2. The van der Waals surface area contributed by atoms with Gasteiger partial charge in [0.05, 0.1) is 5.54 Å². The quantitative estimate of drug-likeness (QED) is 0.883. The third kappa shape index (κ3) is 3.07. The highest BCUT2D eigenvalue weighted by Crippen LogP contribution is 2.40. The maximum Gasteiger partial charge on any atom is 0.315 e. The molecule has 2 aromatic carbocycles. The summed E-state index contributed by atoms with van der Waals surface area (Å²) >= 11 is 0. The smallest absolute Gasteiger partial charge is 0.315 e. The van der Waals surface area contributed by atoms with Crippen LogP contribution in [0.15, 0.2) is 60.7 Å². The molecule has 2 N–H and O–H groups in total. The van der Waals surface area contributed by atoms with E-state index in [4.69, 9.17) is 0 Å². The zero-order chi connectivity index (χ0) is 14.5. The van der Waals surface area contributed by atoms with Gasteiger partial charge in [-0.3, -0.25) is 0 Å². The van der Waals surface area contributed by atoms with Crippen molar-refractivity contribution in [3.05, 3.63) is 71.8 Å². The minimum absolute atomic E-state index is 0.0950. The van der Waals surface area contributed by atoms with Crippen molar-refractivity contribution < 1.29 is 4.79 Å². The van der Waals surface area contributed by atoms with Crippen molar-refractivity contribution >= 4 is 6.03 Å². The largest absolute Gasteiger partial charge is 0.334 e. The molecule has 0 aliphatic heterocycles. The Hall–Kier alpha value is -2.29. The van der Waals surface area contributed by atoms with Gasteiger partial charge in [-0.25, -0.2) is 4.79 Å². The van der Waals surface area contributed by atoms with E-state index in [1.165, 1.54) is 5.56 Å². The number of rotatable bonds is 4. The first-order valence-electron chi connectivity index (χ1n) is 7.44. The number of amides is 2. The molecule has 0 unspecified atom stereocenters. The average molecular weight is 280 g/mol. The number of carbonyl (C=O) groups is 1. The summed E-state index contributed by atoms with van der Waals surface area (Å²) in [6.07, 6.45) is 3.18. The molecule has 1 fully saturated rings. The van der Waals surface area contributed by atoms with Gasteiger partial charge in [-0.15, -0.1) is 0 Å². The molecular formula is C18H20N2O. The Morgan fingerprint density at radius 1 is 0.952 bits per heavy atom. The van der Waals surface area contributed by atoms with Crippen molar-refractivity contribution in [2.24, 2.45) is 0 Å². The maximum atomic E-state index is 12.2. The fraction of sp³-hybridized carbons (Fsp3) is 0.278. The Balaban J connectivity index is 1.61. The molecule has 0 aromatic heterocycles. The third-order valence-electron chi connectivity index (χ3n) is 4.18. The lowest BCUT2D eigenvalue weighted by molar-refractivity contribution is 0.177. The fourth-order valence-corrected chi connectivity index (χ4v) is 2.81. The zero-order valence-corrected chi connectivity index (χ0v) is 12.0. The van der Waals surface area contributed by atoms with Crippen LogP contribution in [-0.2, 0) is 12.1 Å². The van der Waals surface area contributed by atoms with E-state index in [1.54, 1.807) is 0 Å². The molecule has 0 atom stereocenters. The molecular weight excluding hydrogens is 260 g/mol. The second-order valence-electron chi connectivity index (χ2n) is 5.59. The predicted octanol–water partition coefficient (Wildman–Crippen LogP) is 3.57. The minimum Gasteiger partial charge on any atom is -0.334 e. The van der Waals surface area contributed by atoms with E-state index >= 15 is 0 Å². The van der Waals surface area contributed by atoms with Gasteiger partial charge in [0.2, 0.25) is 0 Å². The SMILES string of the molecule is O=C(NCc1ccccc1)NC1(c2ccccc2)CCC1. The minimum atomic E-state index is -0.179. The van der Waals surface area contributed by atoms with Gasteiger partial charge < -0.3 is 10.6 Å². The Morgan fingerprint density at radius 3 is 2.14 bits per heavy atom. The second kappa shape index (κ2) is 6.00. The van der Waals surface area contributed by atoms with Gasteiger partial charge in [-0.05, 0) is 30.4 Å². The van der Waals surface area contributed by atoms with E-state index in [0.29, 0.717) is 6.54 Å². The first-order chi connectivity index (χ1) is 10.3. The Morgan fingerprint density at radius 2 is 1.57 bits per heavy atom. The van der Waals surface area contributed by atoms with Crippen molar-refractivity contribution in [1.82, 2.24) is 10.6 Å². The molecule has 3 rings (SSSR count). The van der Waals surface area contributed by atoms with Crippen LogP contribution in [0.2, 0.25) is 0 Å². The summed E-state index contributed by atoms with van der Waals surface area (Å²) in [6, 6.07) is 20.1. The Kier molecular flexibility index (Phi) is 3.91. The van der Waals surface area contributed by atoms with Gasteiger partial charge in [0.25, 0.3) is 0 Å². The first kappa shape index (κ1) is 13.7. The lowest BCUT2D eigenvalue weighted by atomic mass is 9.72. The van der Waals surface area contributed by atoms with Gasteiger partial charge in [0.15, 0.2) is 0 Å². The molecule has 3 nitrogen and oxygen atoms in total. The molecule has 0 bridgehead atoms. The lowest BCUT2D eigenvalue weighted by Crippen LogP contribution is -2.53. The first-order valence-corrected chi connectivity index (χ1v) is 7.44. The van der Waals surface area contributed by atoms with E-state index in [2.05, 4.69) is 22.8 Å². The molecule has 1 aliphatic rings. The topological polar surface area (TPSA) is 41.1 Å². The van der Waals surface area contributed by atoms with E-state index in [9.17, 15) is 4.79 Å². The van der Waals surface area contributed by atoms with Crippen LogP contribution in [0.1, 0.15) is 30.4 Å². The molecule has 0 saturated heterocycles. The van der Waals surface area contributed by atoms with Crippen molar-refractivity contribution in [3.63, 3.8) is 0 Å². The Labute approximate surface area is 125 Å². The summed E-state index contributed by atoms with van der Waals surface area (Å²) in [7, 11) is 0. The van der Waals surface area contributed by atoms with Crippen LogP contribution in [-0.4, -0.2) is 6.03 Å². The normalized spacial score (nSPS) is 15.8. The van der Waals surface area contributed by atoms with Crippen LogP contribution >= 0.6 is 0 Å². The molecule has 108 valence electrons.